The molecule has 1 unspecified atom stereocenters. The maximum absolute atomic E-state index is 10.4. The number of nitrogens with two attached hydrogens (primary N) is 1. The number of hydrogen-bond acceptors (Lipinski definition) is 4. The molecule has 84 valence electrons. The largest absolute Gasteiger partial charge is 0.480 e. The van der Waals surface area contributed by atoms with Gasteiger partial charge in [-0.25, -0.2) is 0 Å². The van der Waals surface area contributed by atoms with Crippen LogP contribution in [0.25, 0.3) is 0 Å². The molecule has 15 heavy (non-hydrogen) atoms. The highest BCUT2D eigenvalue weighted by molar-refractivity contribution is 7.98. The fourth-order valence-corrected chi connectivity index (χ4v) is 2.02. The lowest BCUT2D eigenvalue weighted by molar-refractivity contribution is -0.138. The van der Waals surface area contributed by atoms with Crippen LogP contribution < -0.4 is 5.73 Å². The van der Waals surface area contributed by atoms with Gasteiger partial charge >= 0.3 is 5.97 Å². The maximum atomic E-state index is 10.4. The van der Waals surface area contributed by atoms with Crippen LogP contribution in [0.2, 0.25) is 0 Å². The van der Waals surface area contributed by atoms with Crippen LogP contribution in [0.4, 0.5) is 0 Å². The molecule has 0 saturated heterocycles. The highest BCUT2D eigenvalue weighted by Gasteiger charge is 2.10. The van der Waals surface area contributed by atoms with Crippen LogP contribution in [0.5, 0.6) is 0 Å². The van der Waals surface area contributed by atoms with Gasteiger partial charge in [0.05, 0.1) is 6.20 Å². The molecule has 0 aliphatic rings. The molecule has 1 atom stereocenters. The molecule has 1 aromatic heterocycles. The number of thioether (sulfide) groups is 1. The van der Waals surface area contributed by atoms with E-state index in [0.717, 1.165) is 17.1 Å². The summed E-state index contributed by atoms with van der Waals surface area (Å²) in [5.74, 6) is 0.666. The molecule has 0 saturated carbocycles. The summed E-state index contributed by atoms with van der Waals surface area (Å²) in [7, 11) is 1.87. The van der Waals surface area contributed by atoms with Crippen molar-refractivity contribution in [3.05, 3.63) is 18.0 Å². The molecule has 6 heteroatoms. The standard InChI is InChI=1S/C9H15N3O2S/c1-12-5-7(4-11-12)6-15-3-2-8(10)9(13)14/h4-5,8H,2-3,6,10H2,1H3,(H,13,14). The van der Waals surface area contributed by atoms with Crippen molar-refractivity contribution in [3.8, 4) is 0 Å². The molecular weight excluding hydrogens is 214 g/mol. The summed E-state index contributed by atoms with van der Waals surface area (Å²) in [6.07, 6.45) is 4.26. The van der Waals surface area contributed by atoms with Gasteiger partial charge in [0.25, 0.3) is 0 Å². The van der Waals surface area contributed by atoms with E-state index in [0.29, 0.717) is 6.42 Å². The van der Waals surface area contributed by atoms with Gasteiger partial charge in [-0.15, -0.1) is 0 Å². The zero-order valence-corrected chi connectivity index (χ0v) is 9.41. The number of rotatable bonds is 6. The third kappa shape index (κ3) is 4.35. The molecule has 0 fully saturated rings. The third-order valence-corrected chi connectivity index (χ3v) is 2.98. The first kappa shape index (κ1) is 12.1. The monoisotopic (exact) mass is 229 g/mol. The number of nitrogens with zero attached hydrogens (tertiary/aromatic N) is 2. The predicted molar refractivity (Wildman–Crippen MR) is 59.6 cm³/mol. The average molecular weight is 229 g/mol. The van der Waals surface area contributed by atoms with Crippen molar-refractivity contribution in [1.82, 2.24) is 9.78 Å². The van der Waals surface area contributed by atoms with E-state index in [1.807, 2.05) is 19.4 Å². The third-order valence-electron chi connectivity index (χ3n) is 1.92. The first-order valence-electron chi connectivity index (χ1n) is 4.63. The number of carbonyl (C=O) groups is 1. The molecule has 0 aliphatic carbocycles. The lowest BCUT2D eigenvalue weighted by atomic mass is 10.2. The molecule has 0 aliphatic heterocycles. The fraction of sp³-hybridized carbons (Fsp3) is 0.556. The summed E-state index contributed by atoms with van der Waals surface area (Å²) in [6, 6.07) is -0.744. The predicted octanol–water partition coefficient (Wildman–Crippen LogP) is 0.455. The molecule has 1 rings (SSSR count). The lowest BCUT2D eigenvalue weighted by Gasteiger charge is -2.04. The van der Waals surface area contributed by atoms with Gasteiger partial charge in [-0.2, -0.15) is 16.9 Å². The number of aryl methyl sites for hydroxylation is 1. The van der Waals surface area contributed by atoms with E-state index in [9.17, 15) is 4.79 Å². The smallest absolute Gasteiger partial charge is 0.320 e. The molecule has 0 spiro atoms. The topological polar surface area (TPSA) is 81.1 Å². The summed E-state index contributed by atoms with van der Waals surface area (Å²) in [4.78, 5) is 10.4. The number of hydrogen-bond donors (Lipinski definition) is 2. The van der Waals surface area contributed by atoms with Crippen LogP contribution in [0.3, 0.4) is 0 Å². The van der Waals surface area contributed by atoms with Crippen LogP contribution in [0, 0.1) is 0 Å². The van der Waals surface area contributed by atoms with Gasteiger partial charge in [-0.05, 0) is 17.7 Å². The average Bonchev–Trinajstić information content (AvgIpc) is 2.58. The van der Waals surface area contributed by atoms with Gasteiger partial charge in [0.1, 0.15) is 6.04 Å². The van der Waals surface area contributed by atoms with Crippen molar-refractivity contribution in [2.45, 2.75) is 18.2 Å². The van der Waals surface area contributed by atoms with Crippen LogP contribution in [0.15, 0.2) is 12.4 Å². The van der Waals surface area contributed by atoms with Crippen LogP contribution in [0.1, 0.15) is 12.0 Å². The van der Waals surface area contributed by atoms with Gasteiger partial charge in [0.2, 0.25) is 0 Å². The number of carboxylic acid groups (broad SMARTS) is 1. The lowest BCUT2D eigenvalue weighted by Crippen LogP contribution is -2.30. The summed E-state index contributed by atoms with van der Waals surface area (Å²) in [6.45, 7) is 0. The Morgan fingerprint density at radius 3 is 3.07 bits per heavy atom. The van der Waals surface area contributed by atoms with Gasteiger partial charge in [-0.3, -0.25) is 9.48 Å². The van der Waals surface area contributed by atoms with E-state index in [1.165, 1.54) is 0 Å². The Hall–Kier alpha value is -1.01. The van der Waals surface area contributed by atoms with E-state index >= 15 is 0 Å². The molecule has 1 heterocycles. The second-order valence-corrected chi connectivity index (χ2v) is 4.41. The Kier molecular flexibility index (Phi) is 4.64. The molecule has 0 bridgehead atoms. The summed E-state index contributed by atoms with van der Waals surface area (Å²) in [5.41, 5.74) is 6.52. The van der Waals surface area contributed by atoms with E-state index in [2.05, 4.69) is 5.10 Å². The zero-order valence-electron chi connectivity index (χ0n) is 8.59. The molecule has 0 aromatic carbocycles. The van der Waals surface area contributed by atoms with E-state index < -0.39 is 12.0 Å². The number of carboxylic acids is 1. The van der Waals surface area contributed by atoms with Crippen molar-refractivity contribution >= 4 is 17.7 Å². The Labute approximate surface area is 92.6 Å². The molecule has 1 aromatic rings. The SMILES string of the molecule is Cn1cc(CSCCC(N)C(=O)O)cn1. The van der Waals surface area contributed by atoms with Crippen molar-refractivity contribution in [2.75, 3.05) is 5.75 Å². The number of aromatic nitrogens is 2. The van der Waals surface area contributed by atoms with Gasteiger partial charge in [-0.1, -0.05) is 0 Å². The number of aliphatic carboxylic acids is 1. The van der Waals surface area contributed by atoms with Crippen molar-refractivity contribution in [3.63, 3.8) is 0 Å². The zero-order chi connectivity index (χ0) is 11.3. The highest BCUT2D eigenvalue weighted by Crippen LogP contribution is 2.12. The van der Waals surface area contributed by atoms with E-state index in [1.54, 1.807) is 16.4 Å². The minimum Gasteiger partial charge on any atom is -0.480 e. The molecule has 0 amide bonds. The van der Waals surface area contributed by atoms with Gasteiger partial charge in [0, 0.05) is 19.0 Å². The van der Waals surface area contributed by atoms with Crippen LogP contribution in [-0.2, 0) is 17.6 Å². The molecule has 5 nitrogen and oxygen atoms in total. The minimum absolute atomic E-state index is 0.500. The van der Waals surface area contributed by atoms with Gasteiger partial charge in [0.15, 0.2) is 0 Å². The minimum atomic E-state index is -0.933. The van der Waals surface area contributed by atoms with Crippen LogP contribution >= 0.6 is 11.8 Å². The maximum Gasteiger partial charge on any atom is 0.320 e. The summed E-state index contributed by atoms with van der Waals surface area (Å²) in [5, 5.41) is 12.6. The molecule has 0 radical (unpaired) electrons. The Morgan fingerprint density at radius 1 is 1.80 bits per heavy atom. The van der Waals surface area contributed by atoms with E-state index in [-0.39, 0.29) is 0 Å². The Balaban J connectivity index is 2.14. The van der Waals surface area contributed by atoms with Crippen molar-refractivity contribution in [1.29, 1.82) is 0 Å². The van der Waals surface area contributed by atoms with Crippen LogP contribution in [-0.4, -0.2) is 32.7 Å². The molecular formula is C9H15N3O2S. The quantitative estimate of drug-likeness (QED) is 0.692. The first-order valence-corrected chi connectivity index (χ1v) is 5.78. The fourth-order valence-electron chi connectivity index (χ4n) is 1.07. The summed E-state index contributed by atoms with van der Waals surface area (Å²) >= 11 is 1.67. The highest BCUT2D eigenvalue weighted by atomic mass is 32.2. The van der Waals surface area contributed by atoms with Crippen molar-refractivity contribution in [2.24, 2.45) is 12.8 Å². The second-order valence-electron chi connectivity index (χ2n) is 3.31. The summed E-state index contributed by atoms with van der Waals surface area (Å²) < 4.78 is 1.75. The second kappa shape index (κ2) is 5.77. The normalized spacial score (nSPS) is 12.7. The van der Waals surface area contributed by atoms with Crippen molar-refractivity contribution < 1.29 is 9.90 Å². The molecule has 3 N–H and O–H groups in total. The van der Waals surface area contributed by atoms with Gasteiger partial charge < -0.3 is 10.8 Å². The Morgan fingerprint density at radius 2 is 2.53 bits per heavy atom. The van der Waals surface area contributed by atoms with E-state index in [4.69, 9.17) is 10.8 Å². The Bertz CT molecular complexity index is 327. The first-order chi connectivity index (χ1) is 7.09.